The number of rotatable bonds is 10. The number of nitrogens with zero attached hydrogens (tertiary/aromatic N) is 1. The van der Waals surface area contributed by atoms with Crippen molar-refractivity contribution in [2.75, 3.05) is 13.7 Å². The molecular formula is C25H23BrClN3O4. The molecule has 2 N–H and O–H groups in total. The number of carbonyl (C=O) groups excluding carboxylic acids is 2. The number of amides is 2. The number of hydrogen-bond donors (Lipinski definition) is 2. The molecule has 176 valence electrons. The third-order valence-corrected chi connectivity index (χ3v) is 5.68. The van der Waals surface area contributed by atoms with Crippen LogP contribution in [0.1, 0.15) is 27.9 Å². The predicted octanol–water partition coefficient (Wildman–Crippen LogP) is 4.96. The fourth-order valence-corrected chi connectivity index (χ4v) is 3.56. The highest BCUT2D eigenvalue weighted by molar-refractivity contribution is 9.10. The van der Waals surface area contributed by atoms with E-state index < -0.39 is 0 Å². The molecule has 0 fully saturated rings. The largest absolute Gasteiger partial charge is 0.497 e. The zero-order valence-electron chi connectivity index (χ0n) is 18.4. The van der Waals surface area contributed by atoms with Crippen molar-refractivity contribution in [1.82, 2.24) is 10.7 Å². The Morgan fingerprint density at radius 3 is 2.56 bits per heavy atom. The lowest BCUT2D eigenvalue weighted by molar-refractivity contribution is -0.120. The fourth-order valence-electron chi connectivity index (χ4n) is 2.85. The average Bonchev–Trinajstić information content (AvgIpc) is 2.84. The second kappa shape index (κ2) is 12.8. The maximum Gasteiger partial charge on any atom is 0.251 e. The third kappa shape index (κ3) is 7.60. The van der Waals surface area contributed by atoms with Gasteiger partial charge < -0.3 is 14.8 Å². The first kappa shape index (κ1) is 25.3. The van der Waals surface area contributed by atoms with Gasteiger partial charge >= 0.3 is 0 Å². The Bertz CT molecular complexity index is 1170. The molecule has 7 nitrogen and oxygen atoms in total. The van der Waals surface area contributed by atoms with Gasteiger partial charge in [0.1, 0.15) is 18.1 Å². The number of hydrazone groups is 1. The van der Waals surface area contributed by atoms with Gasteiger partial charge in [0, 0.05) is 29.1 Å². The van der Waals surface area contributed by atoms with Crippen LogP contribution in [0.15, 0.2) is 76.3 Å². The van der Waals surface area contributed by atoms with Gasteiger partial charge in [0.2, 0.25) is 5.91 Å². The molecule has 34 heavy (non-hydrogen) atoms. The van der Waals surface area contributed by atoms with E-state index in [1.165, 1.54) is 6.21 Å². The van der Waals surface area contributed by atoms with Crippen molar-refractivity contribution in [3.63, 3.8) is 0 Å². The first-order valence-electron chi connectivity index (χ1n) is 10.4. The van der Waals surface area contributed by atoms with Crippen LogP contribution in [0.5, 0.6) is 11.5 Å². The zero-order valence-corrected chi connectivity index (χ0v) is 20.7. The van der Waals surface area contributed by atoms with Gasteiger partial charge in [-0.3, -0.25) is 9.59 Å². The molecule has 0 heterocycles. The van der Waals surface area contributed by atoms with Gasteiger partial charge in [-0.1, -0.05) is 29.8 Å². The van der Waals surface area contributed by atoms with Gasteiger partial charge in [-0.25, -0.2) is 5.43 Å². The fraction of sp³-hybridized carbons (Fsp3) is 0.160. The summed E-state index contributed by atoms with van der Waals surface area (Å²) >= 11 is 9.64. The van der Waals surface area contributed by atoms with Crippen LogP contribution in [0.3, 0.4) is 0 Å². The predicted molar refractivity (Wildman–Crippen MR) is 136 cm³/mol. The lowest BCUT2D eigenvalue weighted by Crippen LogP contribution is -2.29. The molecule has 0 aromatic heterocycles. The smallest absolute Gasteiger partial charge is 0.251 e. The monoisotopic (exact) mass is 543 g/mol. The molecule has 0 unspecified atom stereocenters. The molecule has 9 heteroatoms. The number of nitrogens with one attached hydrogen (secondary N) is 2. The van der Waals surface area contributed by atoms with Crippen LogP contribution in [0.4, 0.5) is 0 Å². The van der Waals surface area contributed by atoms with Crippen LogP contribution < -0.4 is 20.2 Å². The van der Waals surface area contributed by atoms with Crippen molar-refractivity contribution in [2.45, 2.75) is 13.0 Å². The Balaban J connectivity index is 1.41. The van der Waals surface area contributed by atoms with Crippen LogP contribution in [-0.2, 0) is 11.4 Å². The lowest BCUT2D eigenvalue weighted by atomic mass is 10.2. The summed E-state index contributed by atoms with van der Waals surface area (Å²) < 4.78 is 11.6. The Labute approximate surface area is 211 Å². The molecule has 0 aliphatic carbocycles. The molecule has 0 radical (unpaired) electrons. The van der Waals surface area contributed by atoms with Gasteiger partial charge in [0.25, 0.3) is 5.91 Å². The highest BCUT2D eigenvalue weighted by Crippen LogP contribution is 2.27. The standard InChI is InChI=1S/C25H23BrClN3O4/c1-33-20-9-7-18(8-10-20)25(32)28-13-12-24(31)30-29-15-17-6-11-23(21(26)14-17)34-16-19-4-2-3-5-22(19)27/h2-11,14-15H,12-13,16H2,1H3,(H,28,32)(H,30,31). The Hall–Kier alpha value is -3.36. The Morgan fingerprint density at radius 1 is 1.09 bits per heavy atom. The molecule has 0 aliphatic rings. The minimum atomic E-state index is -0.315. The third-order valence-electron chi connectivity index (χ3n) is 4.69. The first-order valence-corrected chi connectivity index (χ1v) is 11.5. The van der Waals surface area contributed by atoms with Gasteiger partial charge in [-0.15, -0.1) is 0 Å². The van der Waals surface area contributed by atoms with E-state index >= 15 is 0 Å². The number of carbonyl (C=O) groups is 2. The maximum atomic E-state index is 12.1. The zero-order chi connectivity index (χ0) is 24.3. The maximum absolute atomic E-state index is 12.1. The van der Waals surface area contributed by atoms with Crippen molar-refractivity contribution in [3.8, 4) is 11.5 Å². The summed E-state index contributed by atoms with van der Waals surface area (Å²) in [6.45, 7) is 0.534. The molecule has 0 saturated carbocycles. The van der Waals surface area contributed by atoms with Crippen molar-refractivity contribution in [3.05, 3.63) is 92.9 Å². The Kier molecular flexibility index (Phi) is 9.49. The van der Waals surface area contributed by atoms with Crippen molar-refractivity contribution < 1.29 is 19.1 Å². The van der Waals surface area contributed by atoms with Gasteiger partial charge in [0.05, 0.1) is 17.8 Å². The summed E-state index contributed by atoms with van der Waals surface area (Å²) in [7, 11) is 1.56. The summed E-state index contributed by atoms with van der Waals surface area (Å²) in [6.07, 6.45) is 1.62. The van der Waals surface area contributed by atoms with E-state index in [1.54, 1.807) is 37.4 Å². The molecule has 3 aromatic carbocycles. The van der Waals surface area contributed by atoms with E-state index in [-0.39, 0.29) is 24.8 Å². The van der Waals surface area contributed by atoms with Gasteiger partial charge in [-0.2, -0.15) is 5.10 Å². The molecule has 3 rings (SSSR count). The van der Waals surface area contributed by atoms with Gasteiger partial charge in [-0.05, 0) is 70.0 Å². The highest BCUT2D eigenvalue weighted by Gasteiger charge is 2.07. The molecule has 0 atom stereocenters. The topological polar surface area (TPSA) is 89.0 Å². The number of halogens is 2. The quantitative estimate of drug-likeness (QED) is 0.279. The SMILES string of the molecule is COc1ccc(C(=O)NCCC(=O)NN=Cc2ccc(OCc3ccccc3Cl)c(Br)c2)cc1. The number of hydrogen-bond acceptors (Lipinski definition) is 5. The van der Waals surface area contributed by atoms with E-state index in [1.807, 2.05) is 36.4 Å². The molecule has 0 spiro atoms. The van der Waals surface area contributed by atoms with Crippen molar-refractivity contribution in [1.29, 1.82) is 0 Å². The lowest BCUT2D eigenvalue weighted by Gasteiger charge is -2.10. The van der Waals surface area contributed by atoms with Gasteiger partial charge in [0.15, 0.2) is 0 Å². The summed E-state index contributed by atoms with van der Waals surface area (Å²) in [6, 6.07) is 19.7. The van der Waals surface area contributed by atoms with E-state index in [9.17, 15) is 9.59 Å². The van der Waals surface area contributed by atoms with Crippen LogP contribution in [0, 0.1) is 0 Å². The summed E-state index contributed by atoms with van der Waals surface area (Å²) in [5, 5.41) is 7.31. The molecule has 0 saturated heterocycles. The van der Waals surface area contributed by atoms with Crippen molar-refractivity contribution >= 4 is 45.6 Å². The Morgan fingerprint density at radius 2 is 1.85 bits per heavy atom. The van der Waals surface area contributed by atoms with Crippen LogP contribution >= 0.6 is 27.5 Å². The van der Waals surface area contributed by atoms with E-state index in [4.69, 9.17) is 21.1 Å². The van der Waals surface area contributed by atoms with Crippen LogP contribution in [0.2, 0.25) is 5.02 Å². The minimum absolute atomic E-state index is 0.0950. The molecule has 2 amide bonds. The molecule has 3 aromatic rings. The van der Waals surface area contributed by atoms with E-state index in [2.05, 4.69) is 31.8 Å². The molecule has 0 aliphatic heterocycles. The normalized spacial score (nSPS) is 10.7. The summed E-state index contributed by atoms with van der Waals surface area (Å²) in [5.74, 6) is 0.750. The average molecular weight is 545 g/mol. The van der Waals surface area contributed by atoms with Crippen molar-refractivity contribution in [2.24, 2.45) is 5.10 Å². The second-order valence-electron chi connectivity index (χ2n) is 7.10. The summed E-state index contributed by atoms with van der Waals surface area (Å²) in [5.41, 5.74) is 4.60. The number of benzene rings is 3. The molecular weight excluding hydrogens is 522 g/mol. The first-order chi connectivity index (χ1) is 16.5. The minimum Gasteiger partial charge on any atom is -0.497 e. The van der Waals surface area contributed by atoms with Crippen LogP contribution in [0.25, 0.3) is 0 Å². The number of ether oxygens (including phenoxy) is 2. The van der Waals surface area contributed by atoms with E-state index in [0.29, 0.717) is 28.7 Å². The second-order valence-corrected chi connectivity index (χ2v) is 8.36. The molecule has 0 bridgehead atoms. The van der Waals surface area contributed by atoms with E-state index in [0.717, 1.165) is 15.6 Å². The highest BCUT2D eigenvalue weighted by atomic mass is 79.9. The number of methoxy groups -OCH3 is 1. The van der Waals surface area contributed by atoms with Crippen LogP contribution in [-0.4, -0.2) is 31.7 Å². The summed E-state index contributed by atoms with van der Waals surface area (Å²) in [4.78, 5) is 24.1.